The molecule has 0 saturated carbocycles. The summed E-state index contributed by atoms with van der Waals surface area (Å²) in [6.07, 6.45) is -0.266. The standard InChI is InChI=1S/C8H16N2O4/c1-2-6(10)14-8(13)5(9)3-4-7(11)12/h5-6H,2-4,9-10H2,1H3,(H,11,12). The number of carbonyl (C=O) groups is 2. The minimum atomic E-state index is -0.993. The number of carboxylic acids is 1. The lowest BCUT2D eigenvalue weighted by atomic mass is 10.2. The van der Waals surface area contributed by atoms with Crippen LogP contribution in [0.3, 0.4) is 0 Å². The highest BCUT2D eigenvalue weighted by Crippen LogP contribution is 1.99. The van der Waals surface area contributed by atoms with Crippen molar-refractivity contribution in [3.8, 4) is 0 Å². The topological polar surface area (TPSA) is 116 Å². The number of carboxylic acid groups (broad SMARTS) is 1. The van der Waals surface area contributed by atoms with Gasteiger partial charge in [-0.2, -0.15) is 0 Å². The third-order valence-corrected chi connectivity index (χ3v) is 1.64. The summed E-state index contributed by atoms with van der Waals surface area (Å²) >= 11 is 0. The Labute approximate surface area is 82.2 Å². The Balaban J connectivity index is 3.81. The molecule has 0 aliphatic rings. The molecule has 2 atom stereocenters. The maximum Gasteiger partial charge on any atom is 0.324 e. The van der Waals surface area contributed by atoms with Gasteiger partial charge < -0.3 is 15.6 Å². The molecular formula is C8H16N2O4. The molecule has 0 radical (unpaired) electrons. The summed E-state index contributed by atoms with van der Waals surface area (Å²) in [5.41, 5.74) is 10.7. The van der Waals surface area contributed by atoms with Crippen LogP contribution in [0.25, 0.3) is 0 Å². The van der Waals surface area contributed by atoms with Gasteiger partial charge in [-0.15, -0.1) is 0 Å². The van der Waals surface area contributed by atoms with Crippen molar-refractivity contribution in [2.45, 2.75) is 38.5 Å². The molecule has 0 aromatic rings. The van der Waals surface area contributed by atoms with E-state index in [0.717, 1.165) is 0 Å². The highest BCUT2D eigenvalue weighted by molar-refractivity contribution is 5.76. The number of ether oxygens (including phenoxy) is 1. The molecule has 6 nitrogen and oxygen atoms in total. The monoisotopic (exact) mass is 204 g/mol. The van der Waals surface area contributed by atoms with E-state index in [0.29, 0.717) is 6.42 Å². The van der Waals surface area contributed by atoms with Crippen molar-refractivity contribution in [2.75, 3.05) is 0 Å². The first-order chi connectivity index (χ1) is 6.47. The number of esters is 1. The molecule has 0 fully saturated rings. The van der Waals surface area contributed by atoms with Crippen molar-refractivity contribution in [3.05, 3.63) is 0 Å². The molecule has 0 aromatic carbocycles. The van der Waals surface area contributed by atoms with Crippen molar-refractivity contribution in [1.29, 1.82) is 0 Å². The fourth-order valence-corrected chi connectivity index (χ4v) is 0.717. The van der Waals surface area contributed by atoms with Crippen molar-refractivity contribution in [1.82, 2.24) is 0 Å². The molecule has 0 aliphatic heterocycles. The third-order valence-electron chi connectivity index (χ3n) is 1.64. The van der Waals surface area contributed by atoms with Crippen LogP contribution in [0.1, 0.15) is 26.2 Å². The number of hydrogen-bond acceptors (Lipinski definition) is 5. The predicted octanol–water partition coefficient (Wildman–Crippen LogP) is -0.583. The first kappa shape index (κ1) is 12.9. The Morgan fingerprint density at radius 3 is 2.43 bits per heavy atom. The lowest BCUT2D eigenvalue weighted by Crippen LogP contribution is -2.37. The van der Waals surface area contributed by atoms with Crippen LogP contribution in [-0.2, 0) is 14.3 Å². The summed E-state index contributed by atoms with van der Waals surface area (Å²) in [5.74, 6) is -1.64. The van der Waals surface area contributed by atoms with Gasteiger partial charge in [0.05, 0.1) is 0 Å². The summed E-state index contributed by atoms with van der Waals surface area (Å²) in [6.45, 7) is 1.76. The fraction of sp³-hybridized carbons (Fsp3) is 0.750. The zero-order valence-electron chi connectivity index (χ0n) is 8.10. The van der Waals surface area contributed by atoms with Crippen LogP contribution >= 0.6 is 0 Å². The normalized spacial score (nSPS) is 14.5. The van der Waals surface area contributed by atoms with Gasteiger partial charge >= 0.3 is 11.9 Å². The SMILES string of the molecule is CCC(N)OC(=O)C(N)CCC(=O)O. The van der Waals surface area contributed by atoms with Gasteiger partial charge in [-0.3, -0.25) is 15.3 Å². The molecule has 0 aromatic heterocycles. The van der Waals surface area contributed by atoms with Crippen LogP contribution in [-0.4, -0.2) is 29.3 Å². The van der Waals surface area contributed by atoms with Gasteiger partial charge in [0.2, 0.25) is 0 Å². The molecule has 0 spiro atoms. The summed E-state index contributed by atoms with van der Waals surface area (Å²) in [6, 6.07) is -0.913. The largest absolute Gasteiger partial charge is 0.481 e. The second-order valence-electron chi connectivity index (χ2n) is 2.92. The Kier molecular flexibility index (Phi) is 5.82. The van der Waals surface area contributed by atoms with Gasteiger partial charge in [-0.1, -0.05) is 6.92 Å². The zero-order chi connectivity index (χ0) is 11.1. The minimum absolute atomic E-state index is 0.0601. The molecule has 82 valence electrons. The second-order valence-corrected chi connectivity index (χ2v) is 2.92. The van der Waals surface area contributed by atoms with E-state index in [4.69, 9.17) is 21.3 Å². The molecule has 14 heavy (non-hydrogen) atoms. The van der Waals surface area contributed by atoms with Crippen molar-refractivity contribution in [3.63, 3.8) is 0 Å². The summed E-state index contributed by atoms with van der Waals surface area (Å²) in [5, 5.41) is 8.34. The van der Waals surface area contributed by atoms with E-state index in [1.807, 2.05) is 0 Å². The first-order valence-corrected chi connectivity index (χ1v) is 4.40. The molecule has 6 heteroatoms. The molecule has 0 aliphatic carbocycles. The Bertz CT molecular complexity index is 208. The molecule has 0 saturated heterocycles. The Morgan fingerprint density at radius 1 is 1.43 bits per heavy atom. The maximum atomic E-state index is 11.1. The van der Waals surface area contributed by atoms with Gasteiger partial charge in [0, 0.05) is 6.42 Å². The zero-order valence-corrected chi connectivity index (χ0v) is 8.10. The molecule has 0 amide bonds. The maximum absolute atomic E-state index is 11.1. The van der Waals surface area contributed by atoms with Crippen LogP contribution in [0.2, 0.25) is 0 Å². The summed E-state index contributed by atoms with van der Waals surface area (Å²) in [7, 11) is 0. The van der Waals surface area contributed by atoms with Crippen LogP contribution in [0.15, 0.2) is 0 Å². The molecule has 2 unspecified atom stereocenters. The first-order valence-electron chi connectivity index (χ1n) is 4.40. The molecular weight excluding hydrogens is 188 g/mol. The van der Waals surface area contributed by atoms with Crippen molar-refractivity contribution in [2.24, 2.45) is 11.5 Å². The number of nitrogens with two attached hydrogens (primary N) is 2. The lowest BCUT2D eigenvalue weighted by molar-refractivity contribution is -0.150. The van der Waals surface area contributed by atoms with E-state index in [1.165, 1.54) is 0 Å². The Hall–Kier alpha value is -1.14. The fourth-order valence-electron chi connectivity index (χ4n) is 0.717. The smallest absolute Gasteiger partial charge is 0.324 e. The van der Waals surface area contributed by atoms with E-state index in [-0.39, 0.29) is 12.8 Å². The minimum Gasteiger partial charge on any atom is -0.481 e. The van der Waals surface area contributed by atoms with Crippen molar-refractivity contribution < 1.29 is 19.4 Å². The number of rotatable bonds is 6. The van der Waals surface area contributed by atoms with E-state index in [2.05, 4.69) is 0 Å². The quantitative estimate of drug-likeness (QED) is 0.393. The number of aliphatic carboxylic acids is 1. The van der Waals surface area contributed by atoms with E-state index < -0.39 is 24.2 Å². The third kappa shape index (κ3) is 5.50. The molecule has 0 heterocycles. The average molecular weight is 204 g/mol. The van der Waals surface area contributed by atoms with Crippen LogP contribution < -0.4 is 11.5 Å². The summed E-state index contributed by atoms with van der Waals surface area (Å²) < 4.78 is 4.71. The highest BCUT2D eigenvalue weighted by Gasteiger charge is 2.18. The lowest BCUT2D eigenvalue weighted by Gasteiger charge is -2.14. The highest BCUT2D eigenvalue weighted by atomic mass is 16.6. The number of carbonyl (C=O) groups excluding carboxylic acids is 1. The van der Waals surface area contributed by atoms with Gasteiger partial charge in [0.25, 0.3) is 0 Å². The molecule has 0 bridgehead atoms. The van der Waals surface area contributed by atoms with Gasteiger partial charge in [0.1, 0.15) is 6.04 Å². The predicted molar refractivity (Wildman–Crippen MR) is 49.2 cm³/mol. The average Bonchev–Trinajstić information content (AvgIpc) is 2.13. The van der Waals surface area contributed by atoms with Crippen LogP contribution in [0.5, 0.6) is 0 Å². The van der Waals surface area contributed by atoms with Crippen molar-refractivity contribution >= 4 is 11.9 Å². The Morgan fingerprint density at radius 2 is 2.00 bits per heavy atom. The molecule has 5 N–H and O–H groups in total. The van der Waals surface area contributed by atoms with E-state index in [1.54, 1.807) is 6.92 Å². The van der Waals surface area contributed by atoms with E-state index >= 15 is 0 Å². The summed E-state index contributed by atoms with van der Waals surface area (Å²) in [4.78, 5) is 21.3. The van der Waals surface area contributed by atoms with E-state index in [9.17, 15) is 9.59 Å². The van der Waals surface area contributed by atoms with Gasteiger partial charge in [0.15, 0.2) is 6.23 Å². The molecule has 0 rings (SSSR count). The van der Waals surface area contributed by atoms with Gasteiger partial charge in [-0.25, -0.2) is 0 Å². The second kappa shape index (κ2) is 6.33. The van der Waals surface area contributed by atoms with Gasteiger partial charge in [-0.05, 0) is 12.8 Å². The number of hydrogen-bond donors (Lipinski definition) is 3. The van der Waals surface area contributed by atoms with Crippen LogP contribution in [0.4, 0.5) is 0 Å². The van der Waals surface area contributed by atoms with Crippen LogP contribution in [0, 0.1) is 0 Å².